The minimum absolute atomic E-state index is 0.497. The normalized spacial score (nSPS) is 12.7. The Morgan fingerprint density at radius 2 is 2.00 bits per heavy atom. The quantitative estimate of drug-likeness (QED) is 0.682. The average Bonchev–Trinajstić information content (AvgIpc) is 2.40. The van der Waals surface area contributed by atoms with Crippen LogP contribution in [0.5, 0.6) is 0 Å². The number of nitrogens with one attached hydrogen (secondary N) is 1. The molecule has 0 heterocycles. The van der Waals surface area contributed by atoms with Crippen LogP contribution in [0.2, 0.25) is 0 Å². The Balaban J connectivity index is 2.19. The van der Waals surface area contributed by atoms with Gasteiger partial charge in [-0.25, -0.2) is 0 Å². The van der Waals surface area contributed by atoms with Crippen LogP contribution >= 0.6 is 0 Å². The van der Waals surface area contributed by atoms with Crippen LogP contribution in [0.1, 0.15) is 20.3 Å². The van der Waals surface area contributed by atoms with Gasteiger partial charge in [0.1, 0.15) is 0 Å². The summed E-state index contributed by atoms with van der Waals surface area (Å²) in [5, 5.41) is 3.44. The third kappa shape index (κ3) is 5.52. The van der Waals surface area contributed by atoms with Gasteiger partial charge in [-0.2, -0.15) is 0 Å². The molecule has 1 atom stereocenters. The first-order chi connectivity index (χ1) is 8.77. The molecule has 0 spiro atoms. The smallest absolute Gasteiger partial charge is 0.0615 e. The van der Waals surface area contributed by atoms with Crippen molar-refractivity contribution >= 4 is 5.69 Å². The Morgan fingerprint density at radius 3 is 2.61 bits per heavy atom. The first-order valence-electron chi connectivity index (χ1n) is 6.79. The van der Waals surface area contributed by atoms with Crippen LogP contribution in [0.25, 0.3) is 0 Å². The number of benzene rings is 1. The van der Waals surface area contributed by atoms with Crippen LogP contribution in [0, 0.1) is 0 Å². The number of nitrogens with zero attached hydrogens (tertiary/aromatic N) is 1. The monoisotopic (exact) mass is 250 g/mol. The van der Waals surface area contributed by atoms with Gasteiger partial charge in [0, 0.05) is 31.9 Å². The molecule has 0 radical (unpaired) electrons. The topological polar surface area (TPSA) is 24.5 Å². The minimum Gasteiger partial charge on any atom is -0.385 e. The fraction of sp³-hybridized carbons (Fsp3) is 0.600. The number of ether oxygens (including phenoxy) is 1. The van der Waals surface area contributed by atoms with E-state index in [9.17, 15) is 0 Å². The molecule has 0 aliphatic heterocycles. The Kier molecular flexibility index (Phi) is 7.46. The minimum atomic E-state index is 0.497. The molecule has 18 heavy (non-hydrogen) atoms. The van der Waals surface area contributed by atoms with E-state index in [0.29, 0.717) is 6.04 Å². The molecule has 1 unspecified atom stereocenters. The summed E-state index contributed by atoms with van der Waals surface area (Å²) in [5.74, 6) is 0. The lowest BCUT2D eigenvalue weighted by atomic mass is 10.2. The maximum absolute atomic E-state index is 5.20. The number of para-hydroxylation sites is 1. The van der Waals surface area contributed by atoms with Gasteiger partial charge in [-0.3, -0.25) is 4.90 Å². The number of hydrogen-bond donors (Lipinski definition) is 1. The summed E-state index contributed by atoms with van der Waals surface area (Å²) in [4.78, 5) is 2.45. The third-order valence-electron chi connectivity index (χ3n) is 3.16. The molecule has 1 rings (SSSR count). The van der Waals surface area contributed by atoms with E-state index in [1.165, 1.54) is 5.69 Å². The first kappa shape index (κ1) is 15.0. The molecule has 1 aromatic rings. The van der Waals surface area contributed by atoms with Crippen LogP contribution < -0.4 is 5.32 Å². The molecule has 0 aromatic heterocycles. The van der Waals surface area contributed by atoms with Gasteiger partial charge in [0.05, 0.1) is 6.61 Å². The average molecular weight is 250 g/mol. The lowest BCUT2D eigenvalue weighted by molar-refractivity contribution is 0.102. The van der Waals surface area contributed by atoms with Gasteiger partial charge in [0.15, 0.2) is 0 Å². The fourth-order valence-corrected chi connectivity index (χ4v) is 2.11. The van der Waals surface area contributed by atoms with Crippen molar-refractivity contribution in [2.75, 3.05) is 38.7 Å². The van der Waals surface area contributed by atoms with Gasteiger partial charge in [-0.05, 0) is 32.0 Å². The van der Waals surface area contributed by atoms with Crippen LogP contribution in [0.15, 0.2) is 30.3 Å². The second kappa shape index (κ2) is 8.95. The van der Waals surface area contributed by atoms with Crippen LogP contribution in [0.4, 0.5) is 5.69 Å². The van der Waals surface area contributed by atoms with Gasteiger partial charge in [-0.15, -0.1) is 0 Å². The van der Waals surface area contributed by atoms with Crippen molar-refractivity contribution < 1.29 is 4.74 Å². The molecule has 0 saturated carbocycles. The zero-order chi connectivity index (χ0) is 13.2. The van der Waals surface area contributed by atoms with Gasteiger partial charge in [0.25, 0.3) is 0 Å². The van der Waals surface area contributed by atoms with Gasteiger partial charge in [0.2, 0.25) is 0 Å². The molecule has 3 nitrogen and oxygen atoms in total. The standard InChI is InChI=1S/C15H26N2O/c1-4-17(14(2)13-18-3)12-8-11-16-15-9-6-5-7-10-15/h5-7,9-10,14,16H,4,8,11-13H2,1-3H3. The van der Waals surface area contributed by atoms with Crippen LogP contribution in [0.3, 0.4) is 0 Å². The molecule has 0 aliphatic rings. The van der Waals surface area contributed by atoms with Crippen molar-refractivity contribution in [2.45, 2.75) is 26.3 Å². The number of likely N-dealkylation sites (N-methyl/N-ethyl adjacent to an activating group) is 1. The molecule has 0 bridgehead atoms. The molecule has 0 fully saturated rings. The summed E-state index contributed by atoms with van der Waals surface area (Å²) in [6, 6.07) is 10.9. The Bertz CT molecular complexity index is 303. The van der Waals surface area contributed by atoms with Crippen LogP contribution in [-0.4, -0.2) is 44.3 Å². The van der Waals surface area contributed by atoms with E-state index in [2.05, 4.69) is 48.3 Å². The summed E-state index contributed by atoms with van der Waals surface area (Å²) in [6.45, 7) is 8.44. The van der Waals surface area contributed by atoms with E-state index in [1.807, 2.05) is 6.07 Å². The van der Waals surface area contributed by atoms with Gasteiger partial charge < -0.3 is 10.1 Å². The zero-order valence-electron chi connectivity index (χ0n) is 11.9. The zero-order valence-corrected chi connectivity index (χ0v) is 11.9. The van der Waals surface area contributed by atoms with Gasteiger partial charge >= 0.3 is 0 Å². The third-order valence-corrected chi connectivity index (χ3v) is 3.16. The highest BCUT2D eigenvalue weighted by Crippen LogP contribution is 2.05. The molecule has 0 amide bonds. The van der Waals surface area contributed by atoms with E-state index >= 15 is 0 Å². The first-order valence-corrected chi connectivity index (χ1v) is 6.79. The van der Waals surface area contributed by atoms with Gasteiger partial charge in [-0.1, -0.05) is 25.1 Å². The molecule has 1 N–H and O–H groups in total. The molecule has 0 aliphatic carbocycles. The molecule has 102 valence electrons. The predicted octanol–water partition coefficient (Wildman–Crippen LogP) is 2.85. The second-order valence-electron chi connectivity index (χ2n) is 4.58. The van der Waals surface area contributed by atoms with E-state index < -0.39 is 0 Å². The predicted molar refractivity (Wildman–Crippen MR) is 78.1 cm³/mol. The Morgan fingerprint density at radius 1 is 1.28 bits per heavy atom. The molecule has 1 aromatic carbocycles. The van der Waals surface area contributed by atoms with E-state index in [-0.39, 0.29) is 0 Å². The van der Waals surface area contributed by atoms with Crippen molar-refractivity contribution in [3.05, 3.63) is 30.3 Å². The lowest BCUT2D eigenvalue weighted by Gasteiger charge is -2.27. The number of anilines is 1. The molecule has 0 saturated heterocycles. The SMILES string of the molecule is CCN(CCCNc1ccccc1)C(C)COC. The largest absolute Gasteiger partial charge is 0.385 e. The summed E-state index contributed by atoms with van der Waals surface area (Å²) in [6.07, 6.45) is 1.15. The highest BCUT2D eigenvalue weighted by atomic mass is 16.5. The molecular formula is C15H26N2O. The maximum Gasteiger partial charge on any atom is 0.0615 e. The highest BCUT2D eigenvalue weighted by molar-refractivity contribution is 5.42. The Hall–Kier alpha value is -1.06. The summed E-state index contributed by atoms with van der Waals surface area (Å²) in [7, 11) is 1.77. The van der Waals surface area contributed by atoms with Crippen molar-refractivity contribution in [1.29, 1.82) is 0 Å². The van der Waals surface area contributed by atoms with E-state index in [4.69, 9.17) is 4.74 Å². The summed E-state index contributed by atoms with van der Waals surface area (Å²) >= 11 is 0. The number of methoxy groups -OCH3 is 1. The van der Waals surface area contributed by atoms with Crippen molar-refractivity contribution in [3.63, 3.8) is 0 Å². The van der Waals surface area contributed by atoms with Crippen LogP contribution in [-0.2, 0) is 4.74 Å². The fourth-order valence-electron chi connectivity index (χ4n) is 2.11. The van der Waals surface area contributed by atoms with E-state index in [0.717, 1.165) is 32.7 Å². The lowest BCUT2D eigenvalue weighted by Crippen LogP contribution is -2.37. The number of rotatable bonds is 9. The molecular weight excluding hydrogens is 224 g/mol. The summed E-state index contributed by atoms with van der Waals surface area (Å²) < 4.78 is 5.20. The van der Waals surface area contributed by atoms with Crippen molar-refractivity contribution in [1.82, 2.24) is 4.90 Å². The highest BCUT2D eigenvalue weighted by Gasteiger charge is 2.10. The Labute approximate surface area is 111 Å². The maximum atomic E-state index is 5.20. The second-order valence-corrected chi connectivity index (χ2v) is 4.58. The van der Waals surface area contributed by atoms with Crippen molar-refractivity contribution in [3.8, 4) is 0 Å². The van der Waals surface area contributed by atoms with E-state index in [1.54, 1.807) is 7.11 Å². The van der Waals surface area contributed by atoms with Crippen molar-refractivity contribution in [2.24, 2.45) is 0 Å². The summed E-state index contributed by atoms with van der Waals surface area (Å²) in [5.41, 5.74) is 1.20. The molecule has 3 heteroatoms. The number of hydrogen-bond acceptors (Lipinski definition) is 3.